The van der Waals surface area contributed by atoms with Crippen LogP contribution >= 0.6 is 0 Å². The fourth-order valence-corrected chi connectivity index (χ4v) is 4.31. The number of carbonyl (C=O) groups is 3. The molecule has 0 spiro atoms. The van der Waals surface area contributed by atoms with Crippen LogP contribution in [0.15, 0.2) is 83.3 Å². The summed E-state index contributed by atoms with van der Waals surface area (Å²) in [6.45, 7) is 1.80. The molecule has 7 heteroatoms. The maximum atomic E-state index is 13.2. The standard InChI is InChI=1S/C27H23N3O4/c1-18(31)29(16-15-19-7-3-2-4-8-19)23-17-25(32)30(27(23)33)21-13-11-20(12-14-21)26-28-22-9-5-6-10-24(22)34-26/h2-14,23H,15-17H2,1H3. The SMILES string of the molecule is CC(=O)N(CCc1ccccc1)C1CC(=O)N(c2ccc(-c3nc4ccccc4o3)cc2)C1=O. The number of oxazole rings is 1. The summed E-state index contributed by atoms with van der Waals surface area (Å²) in [7, 11) is 0. The highest BCUT2D eigenvalue weighted by atomic mass is 16.3. The van der Waals surface area contributed by atoms with Gasteiger partial charge in [0.05, 0.1) is 12.1 Å². The lowest BCUT2D eigenvalue weighted by atomic mass is 10.1. The predicted molar refractivity (Wildman–Crippen MR) is 128 cm³/mol. The van der Waals surface area contributed by atoms with Gasteiger partial charge in [0.1, 0.15) is 11.6 Å². The van der Waals surface area contributed by atoms with E-state index in [0.717, 1.165) is 16.6 Å². The second-order valence-electron chi connectivity index (χ2n) is 8.27. The first-order chi connectivity index (χ1) is 16.5. The zero-order valence-electron chi connectivity index (χ0n) is 18.7. The zero-order chi connectivity index (χ0) is 23.7. The van der Waals surface area contributed by atoms with Gasteiger partial charge >= 0.3 is 0 Å². The van der Waals surface area contributed by atoms with Gasteiger partial charge in [0.2, 0.25) is 17.7 Å². The molecule has 0 saturated carbocycles. The quantitative estimate of drug-likeness (QED) is 0.408. The van der Waals surface area contributed by atoms with E-state index in [0.29, 0.717) is 30.1 Å². The average Bonchev–Trinajstić information content (AvgIpc) is 3.40. The summed E-state index contributed by atoms with van der Waals surface area (Å²) < 4.78 is 5.80. The van der Waals surface area contributed by atoms with Crippen LogP contribution in [0.25, 0.3) is 22.6 Å². The summed E-state index contributed by atoms with van der Waals surface area (Å²) in [6.07, 6.45) is 0.581. The van der Waals surface area contributed by atoms with Crippen molar-refractivity contribution in [1.29, 1.82) is 0 Å². The number of hydrogen-bond acceptors (Lipinski definition) is 5. The van der Waals surface area contributed by atoms with E-state index in [2.05, 4.69) is 4.98 Å². The van der Waals surface area contributed by atoms with E-state index in [-0.39, 0.29) is 24.1 Å². The van der Waals surface area contributed by atoms with Crippen LogP contribution in [0.2, 0.25) is 0 Å². The highest BCUT2D eigenvalue weighted by Crippen LogP contribution is 2.30. The Morgan fingerprint density at radius 3 is 2.41 bits per heavy atom. The van der Waals surface area contributed by atoms with E-state index in [1.54, 1.807) is 24.3 Å². The highest BCUT2D eigenvalue weighted by molar-refractivity contribution is 6.23. The number of amides is 3. The Balaban J connectivity index is 1.34. The summed E-state index contributed by atoms with van der Waals surface area (Å²) in [6, 6.07) is 23.4. The molecular formula is C27H23N3O4. The third kappa shape index (κ3) is 4.08. The van der Waals surface area contributed by atoms with Crippen LogP contribution in [-0.2, 0) is 20.8 Å². The van der Waals surface area contributed by atoms with Gasteiger partial charge in [-0.05, 0) is 48.4 Å². The Morgan fingerprint density at radius 2 is 1.71 bits per heavy atom. The molecule has 0 radical (unpaired) electrons. The van der Waals surface area contributed by atoms with Crippen molar-refractivity contribution in [2.24, 2.45) is 0 Å². The summed E-state index contributed by atoms with van der Waals surface area (Å²) >= 11 is 0. The number of para-hydroxylation sites is 2. The van der Waals surface area contributed by atoms with E-state index in [9.17, 15) is 14.4 Å². The smallest absolute Gasteiger partial charge is 0.257 e. The minimum atomic E-state index is -0.801. The number of nitrogens with zero attached hydrogens (tertiary/aromatic N) is 3. The summed E-state index contributed by atoms with van der Waals surface area (Å²) in [5.41, 5.74) is 3.72. The second-order valence-corrected chi connectivity index (χ2v) is 8.27. The molecule has 170 valence electrons. The Hall–Kier alpha value is -4.26. The van der Waals surface area contributed by atoms with Crippen LogP contribution in [0, 0.1) is 0 Å². The van der Waals surface area contributed by atoms with Gasteiger partial charge in [-0.2, -0.15) is 0 Å². The molecule has 1 saturated heterocycles. The minimum Gasteiger partial charge on any atom is -0.436 e. The molecule has 34 heavy (non-hydrogen) atoms. The second kappa shape index (κ2) is 8.94. The Morgan fingerprint density at radius 1 is 1.00 bits per heavy atom. The molecule has 0 bridgehead atoms. The van der Waals surface area contributed by atoms with Gasteiger partial charge in [-0.3, -0.25) is 14.4 Å². The number of hydrogen-bond donors (Lipinski definition) is 0. The van der Waals surface area contributed by atoms with Crippen LogP contribution in [0.5, 0.6) is 0 Å². The molecule has 0 N–H and O–H groups in total. The van der Waals surface area contributed by atoms with Crippen molar-refractivity contribution < 1.29 is 18.8 Å². The van der Waals surface area contributed by atoms with E-state index in [4.69, 9.17) is 4.42 Å². The summed E-state index contributed by atoms with van der Waals surface area (Å²) in [5.74, 6) is -0.470. The van der Waals surface area contributed by atoms with Gasteiger partial charge in [0, 0.05) is 19.0 Å². The molecule has 1 atom stereocenters. The van der Waals surface area contributed by atoms with Gasteiger partial charge in [-0.25, -0.2) is 9.88 Å². The molecule has 4 aromatic rings. The predicted octanol–water partition coefficient (Wildman–Crippen LogP) is 4.22. The summed E-state index contributed by atoms with van der Waals surface area (Å²) in [5, 5.41) is 0. The maximum absolute atomic E-state index is 13.2. The normalized spacial score (nSPS) is 15.8. The number of imide groups is 1. The largest absolute Gasteiger partial charge is 0.436 e. The molecule has 1 aromatic heterocycles. The monoisotopic (exact) mass is 453 g/mol. The fraction of sp³-hybridized carbons (Fsp3) is 0.185. The van der Waals surface area contributed by atoms with Crippen molar-refractivity contribution in [2.75, 3.05) is 11.4 Å². The lowest BCUT2D eigenvalue weighted by Gasteiger charge is -2.26. The maximum Gasteiger partial charge on any atom is 0.257 e. The van der Waals surface area contributed by atoms with Crippen molar-refractivity contribution in [3.05, 3.63) is 84.4 Å². The van der Waals surface area contributed by atoms with Crippen molar-refractivity contribution in [3.8, 4) is 11.5 Å². The van der Waals surface area contributed by atoms with Crippen LogP contribution in [-0.4, -0.2) is 40.2 Å². The Bertz CT molecular complexity index is 1330. The molecule has 1 unspecified atom stereocenters. The van der Waals surface area contributed by atoms with Crippen LogP contribution in [0.4, 0.5) is 5.69 Å². The molecule has 5 rings (SSSR count). The van der Waals surface area contributed by atoms with Crippen LogP contribution < -0.4 is 4.90 Å². The van der Waals surface area contributed by atoms with Crippen molar-refractivity contribution >= 4 is 34.5 Å². The van der Waals surface area contributed by atoms with Gasteiger partial charge in [-0.1, -0.05) is 42.5 Å². The Kier molecular flexibility index (Phi) is 5.67. The number of rotatable bonds is 6. The minimum absolute atomic E-state index is 0.0277. The van der Waals surface area contributed by atoms with Crippen molar-refractivity contribution in [3.63, 3.8) is 0 Å². The molecule has 2 heterocycles. The first-order valence-electron chi connectivity index (χ1n) is 11.2. The van der Waals surface area contributed by atoms with E-state index < -0.39 is 6.04 Å². The lowest BCUT2D eigenvalue weighted by molar-refractivity contribution is -0.136. The van der Waals surface area contributed by atoms with Gasteiger partial charge in [0.25, 0.3) is 5.91 Å². The Labute approximate surface area is 196 Å². The molecular weight excluding hydrogens is 430 g/mol. The van der Waals surface area contributed by atoms with E-state index >= 15 is 0 Å². The first-order valence-corrected chi connectivity index (χ1v) is 11.2. The van der Waals surface area contributed by atoms with Crippen molar-refractivity contribution in [1.82, 2.24) is 9.88 Å². The zero-order valence-corrected chi connectivity index (χ0v) is 18.7. The molecule has 0 aliphatic carbocycles. The third-order valence-corrected chi connectivity index (χ3v) is 6.05. The number of benzene rings is 3. The van der Waals surface area contributed by atoms with Gasteiger partial charge in [0.15, 0.2) is 5.58 Å². The lowest BCUT2D eigenvalue weighted by Crippen LogP contribution is -2.45. The fourth-order valence-electron chi connectivity index (χ4n) is 4.31. The van der Waals surface area contributed by atoms with E-state index in [1.165, 1.54) is 16.7 Å². The molecule has 3 amide bonds. The average molecular weight is 453 g/mol. The molecule has 1 fully saturated rings. The van der Waals surface area contributed by atoms with Gasteiger partial charge < -0.3 is 9.32 Å². The van der Waals surface area contributed by atoms with Crippen LogP contribution in [0.3, 0.4) is 0 Å². The third-order valence-electron chi connectivity index (χ3n) is 6.05. The molecule has 7 nitrogen and oxygen atoms in total. The van der Waals surface area contributed by atoms with Gasteiger partial charge in [-0.15, -0.1) is 0 Å². The molecule has 1 aliphatic rings. The van der Waals surface area contributed by atoms with Crippen molar-refractivity contribution in [2.45, 2.75) is 25.8 Å². The molecule has 3 aromatic carbocycles. The number of fused-ring (bicyclic) bond motifs is 1. The molecule has 1 aliphatic heterocycles. The highest BCUT2D eigenvalue weighted by Gasteiger charge is 2.43. The first kappa shape index (κ1) is 21.6. The topological polar surface area (TPSA) is 83.7 Å². The number of anilines is 1. The summed E-state index contributed by atoms with van der Waals surface area (Å²) in [4.78, 5) is 45.5. The number of carbonyl (C=O) groups excluding carboxylic acids is 3. The number of aromatic nitrogens is 1. The van der Waals surface area contributed by atoms with E-state index in [1.807, 2.05) is 54.6 Å². The van der Waals surface area contributed by atoms with Crippen LogP contribution in [0.1, 0.15) is 18.9 Å².